The second-order valence-electron chi connectivity index (χ2n) is 6.24. The van der Waals surface area contributed by atoms with E-state index in [0.717, 1.165) is 11.3 Å². The molecule has 0 spiro atoms. The second kappa shape index (κ2) is 7.76. The third-order valence-electron chi connectivity index (χ3n) is 4.25. The average molecular weight is 405 g/mol. The van der Waals surface area contributed by atoms with Gasteiger partial charge < -0.3 is 9.73 Å². The number of amidine groups is 1. The van der Waals surface area contributed by atoms with Crippen LogP contribution in [0.15, 0.2) is 75.0 Å². The van der Waals surface area contributed by atoms with Crippen LogP contribution in [-0.2, 0) is 4.79 Å². The van der Waals surface area contributed by atoms with Crippen LogP contribution >= 0.6 is 11.8 Å². The lowest BCUT2D eigenvalue weighted by molar-refractivity contribution is -0.384. The number of nitro groups is 1. The molecule has 1 N–H and O–H groups in total. The normalized spacial score (nSPS) is 16.4. The number of hydrogen-bond acceptors (Lipinski definition) is 6. The molecule has 2 heterocycles. The minimum absolute atomic E-state index is 0.0401. The molecule has 144 valence electrons. The number of amides is 1. The molecule has 1 saturated heterocycles. The van der Waals surface area contributed by atoms with E-state index >= 15 is 0 Å². The molecule has 4 rings (SSSR count). The van der Waals surface area contributed by atoms with E-state index < -0.39 is 4.92 Å². The third-order valence-corrected chi connectivity index (χ3v) is 5.16. The van der Waals surface area contributed by atoms with Crippen molar-refractivity contribution in [2.24, 2.45) is 4.99 Å². The number of aryl methyl sites for hydroxylation is 1. The Morgan fingerprint density at radius 3 is 2.66 bits per heavy atom. The van der Waals surface area contributed by atoms with Crippen LogP contribution in [0.1, 0.15) is 11.3 Å². The first-order chi connectivity index (χ1) is 14.0. The number of thioether (sulfide) groups is 1. The van der Waals surface area contributed by atoms with Gasteiger partial charge in [-0.05, 0) is 48.5 Å². The molecule has 7 nitrogen and oxygen atoms in total. The van der Waals surface area contributed by atoms with Crippen LogP contribution in [0, 0.1) is 17.0 Å². The van der Waals surface area contributed by atoms with Crippen LogP contribution in [0.25, 0.3) is 17.4 Å². The molecule has 1 fully saturated rings. The first-order valence-electron chi connectivity index (χ1n) is 8.70. The second-order valence-corrected chi connectivity index (χ2v) is 7.28. The summed E-state index contributed by atoms with van der Waals surface area (Å²) in [5.41, 5.74) is 2.13. The Morgan fingerprint density at radius 1 is 1.10 bits per heavy atom. The molecule has 1 aliphatic rings. The summed E-state index contributed by atoms with van der Waals surface area (Å²) in [6.07, 6.45) is 1.60. The molecule has 0 saturated carbocycles. The van der Waals surface area contributed by atoms with Gasteiger partial charge >= 0.3 is 0 Å². The molecule has 0 unspecified atom stereocenters. The van der Waals surface area contributed by atoms with Crippen molar-refractivity contribution in [3.05, 3.63) is 87.0 Å². The van der Waals surface area contributed by atoms with Crippen LogP contribution in [0.4, 0.5) is 11.4 Å². The number of nitrogens with one attached hydrogen (secondary N) is 1. The predicted molar refractivity (Wildman–Crippen MR) is 113 cm³/mol. The van der Waals surface area contributed by atoms with Gasteiger partial charge in [-0.15, -0.1) is 0 Å². The van der Waals surface area contributed by atoms with Crippen LogP contribution in [0.2, 0.25) is 0 Å². The zero-order chi connectivity index (χ0) is 20.4. The summed E-state index contributed by atoms with van der Waals surface area (Å²) < 4.78 is 5.73. The summed E-state index contributed by atoms with van der Waals surface area (Å²) in [5.74, 6) is 0.514. The summed E-state index contributed by atoms with van der Waals surface area (Å²) in [7, 11) is 0. The number of para-hydroxylation sites is 2. The summed E-state index contributed by atoms with van der Waals surface area (Å²) >= 11 is 1.21. The fourth-order valence-corrected chi connectivity index (χ4v) is 3.64. The number of carbonyl (C=O) groups excluding carboxylic acids is 1. The van der Waals surface area contributed by atoms with Crippen LogP contribution in [0.3, 0.4) is 0 Å². The summed E-state index contributed by atoms with van der Waals surface area (Å²) in [5, 5.41) is 14.4. The number of nitrogens with zero attached hydrogens (tertiary/aromatic N) is 2. The molecule has 0 bridgehead atoms. The highest BCUT2D eigenvalue weighted by Crippen LogP contribution is 2.33. The Hall–Kier alpha value is -3.65. The van der Waals surface area contributed by atoms with Gasteiger partial charge in [0.15, 0.2) is 5.17 Å². The van der Waals surface area contributed by atoms with Gasteiger partial charge in [0, 0.05) is 12.1 Å². The van der Waals surface area contributed by atoms with Gasteiger partial charge in [-0.25, -0.2) is 4.99 Å². The van der Waals surface area contributed by atoms with Crippen LogP contribution in [-0.4, -0.2) is 16.0 Å². The molecule has 3 aromatic rings. The summed E-state index contributed by atoms with van der Waals surface area (Å²) in [6, 6.07) is 17.3. The standard InChI is InChI=1S/C21H15N3O4S/c1-13-6-2-4-8-16(13)22-21-23-20(25)19(29-21)12-14-10-11-18(28-14)15-7-3-5-9-17(15)24(26)27/h2-12H,1H3,(H,22,23,25)/b19-12+. The van der Waals surface area contributed by atoms with Crippen LogP contribution in [0.5, 0.6) is 0 Å². The first kappa shape index (κ1) is 18.7. The lowest BCUT2D eigenvalue weighted by Gasteiger charge is -1.99. The zero-order valence-electron chi connectivity index (χ0n) is 15.3. The van der Waals surface area contributed by atoms with Crippen molar-refractivity contribution < 1.29 is 14.1 Å². The highest BCUT2D eigenvalue weighted by molar-refractivity contribution is 8.18. The molecule has 0 radical (unpaired) electrons. The van der Waals surface area contributed by atoms with E-state index in [4.69, 9.17) is 4.42 Å². The zero-order valence-corrected chi connectivity index (χ0v) is 16.1. The quantitative estimate of drug-likeness (QED) is 0.372. The van der Waals surface area contributed by atoms with Crippen molar-refractivity contribution in [3.8, 4) is 11.3 Å². The monoisotopic (exact) mass is 405 g/mol. The van der Waals surface area contributed by atoms with Gasteiger partial charge in [-0.3, -0.25) is 14.9 Å². The van der Waals surface area contributed by atoms with E-state index in [-0.39, 0.29) is 11.6 Å². The van der Waals surface area contributed by atoms with E-state index in [1.807, 2.05) is 31.2 Å². The highest BCUT2D eigenvalue weighted by Gasteiger charge is 2.25. The van der Waals surface area contributed by atoms with Crippen molar-refractivity contribution in [2.75, 3.05) is 0 Å². The fourth-order valence-electron chi connectivity index (χ4n) is 2.82. The largest absolute Gasteiger partial charge is 0.456 e. The maximum Gasteiger partial charge on any atom is 0.280 e. The van der Waals surface area contributed by atoms with Gasteiger partial charge in [-0.2, -0.15) is 0 Å². The summed E-state index contributed by atoms with van der Waals surface area (Å²) in [4.78, 5) is 28.0. The fraction of sp³-hybridized carbons (Fsp3) is 0.0476. The van der Waals surface area contributed by atoms with Crippen molar-refractivity contribution in [1.29, 1.82) is 0 Å². The Labute approximate surface area is 170 Å². The third kappa shape index (κ3) is 3.97. The topological polar surface area (TPSA) is 97.7 Å². The number of hydrogen-bond donors (Lipinski definition) is 1. The molecule has 1 aromatic heterocycles. The first-order valence-corrected chi connectivity index (χ1v) is 9.52. The molecule has 1 aliphatic heterocycles. The van der Waals surface area contributed by atoms with Gasteiger partial charge in [0.05, 0.1) is 21.1 Å². The predicted octanol–water partition coefficient (Wildman–Crippen LogP) is 5.05. The van der Waals surface area contributed by atoms with Gasteiger partial charge in [-0.1, -0.05) is 30.3 Å². The molecular weight excluding hydrogens is 390 g/mol. The van der Waals surface area contributed by atoms with Gasteiger partial charge in [0.2, 0.25) is 0 Å². The Morgan fingerprint density at radius 2 is 1.86 bits per heavy atom. The van der Waals surface area contributed by atoms with E-state index in [1.165, 1.54) is 17.8 Å². The van der Waals surface area contributed by atoms with E-state index in [9.17, 15) is 14.9 Å². The molecule has 0 atom stereocenters. The van der Waals surface area contributed by atoms with Crippen molar-refractivity contribution in [3.63, 3.8) is 0 Å². The Bertz CT molecular complexity index is 1180. The smallest absolute Gasteiger partial charge is 0.280 e. The molecule has 8 heteroatoms. The number of nitro benzene ring substituents is 1. The number of aliphatic imine (C=N–C) groups is 1. The van der Waals surface area contributed by atoms with E-state index in [0.29, 0.717) is 27.2 Å². The molecular formula is C21H15N3O4S. The van der Waals surface area contributed by atoms with Gasteiger partial charge in [0.1, 0.15) is 11.5 Å². The number of carbonyl (C=O) groups is 1. The van der Waals surface area contributed by atoms with E-state index in [2.05, 4.69) is 10.3 Å². The maximum atomic E-state index is 12.3. The highest BCUT2D eigenvalue weighted by atomic mass is 32.2. The lowest BCUT2D eigenvalue weighted by Crippen LogP contribution is -2.19. The number of furan rings is 1. The van der Waals surface area contributed by atoms with Crippen molar-refractivity contribution >= 4 is 40.3 Å². The van der Waals surface area contributed by atoms with E-state index in [1.54, 1.807) is 36.4 Å². The molecule has 1 amide bonds. The number of rotatable bonds is 4. The maximum absolute atomic E-state index is 12.3. The lowest BCUT2D eigenvalue weighted by atomic mass is 10.1. The Kier molecular flexibility index (Phi) is 5.01. The van der Waals surface area contributed by atoms with Crippen LogP contribution < -0.4 is 5.32 Å². The molecule has 2 aromatic carbocycles. The Balaban J connectivity index is 1.59. The molecule has 0 aliphatic carbocycles. The minimum atomic E-state index is -0.454. The number of benzene rings is 2. The van der Waals surface area contributed by atoms with Gasteiger partial charge in [0.25, 0.3) is 11.6 Å². The SMILES string of the molecule is Cc1ccccc1N=C1NC(=O)/C(=C\c2ccc(-c3ccccc3[N+](=O)[O-])o2)S1. The van der Waals surface area contributed by atoms with Crippen molar-refractivity contribution in [1.82, 2.24) is 5.32 Å². The molecule has 29 heavy (non-hydrogen) atoms. The summed E-state index contributed by atoms with van der Waals surface area (Å²) in [6.45, 7) is 1.95. The minimum Gasteiger partial charge on any atom is -0.456 e. The van der Waals surface area contributed by atoms with Crippen molar-refractivity contribution in [2.45, 2.75) is 6.92 Å². The average Bonchev–Trinajstić information content (AvgIpc) is 3.30.